The lowest BCUT2D eigenvalue weighted by Gasteiger charge is -2.40. The predicted octanol–water partition coefficient (Wildman–Crippen LogP) is 7.84. The maximum absolute atomic E-state index is 14.1. The molecule has 2 aliphatic carbocycles. The standard InChI is InChI=1S/C47H57N9O5S/c1-25(2)37(50-27(5)60-7)41(57)55-23-29-15-17-46(55,19-29)43-48-21-35(52-43)32-11-9-31(10-12-32)33-13-14-34(40-39(33)51-28(6)62-40)36-22-49-44(53-36)47-18-16-30(20-47)24-56(47)42(58)38(26(3)4)54-45(59)61-8/h9-14,21-22,25-26,29-30,37-38,50H,5,15-20,23-24H2,1-4,6-8H3,(H,48,52)(H,49,53)(H,54,59)/t29-,30-,37-,38-,46-,47-/m0/s1. The number of aryl methyl sites for hydroxylation is 1. The normalized spacial score (nSPS) is 23.7. The number of rotatable bonds is 13. The van der Waals surface area contributed by atoms with Gasteiger partial charge < -0.3 is 39.9 Å². The van der Waals surface area contributed by atoms with E-state index in [0.717, 1.165) is 106 Å². The van der Waals surface area contributed by atoms with E-state index in [4.69, 9.17) is 24.4 Å². The summed E-state index contributed by atoms with van der Waals surface area (Å²) in [6, 6.07) is 11.6. The maximum Gasteiger partial charge on any atom is 0.407 e. The Morgan fingerprint density at radius 3 is 1.85 bits per heavy atom. The van der Waals surface area contributed by atoms with Crippen molar-refractivity contribution >= 4 is 39.5 Å². The number of H-pyrrole nitrogens is 2. The maximum atomic E-state index is 14.1. The van der Waals surface area contributed by atoms with E-state index in [1.54, 1.807) is 18.4 Å². The van der Waals surface area contributed by atoms with Crippen molar-refractivity contribution < 1.29 is 23.9 Å². The molecular weight excluding hydrogens is 803 g/mol. The monoisotopic (exact) mass is 859 g/mol. The van der Waals surface area contributed by atoms with Gasteiger partial charge in [0.1, 0.15) is 34.8 Å². The van der Waals surface area contributed by atoms with Crippen molar-refractivity contribution in [2.75, 3.05) is 27.3 Å². The van der Waals surface area contributed by atoms with Crippen LogP contribution in [0.25, 0.3) is 43.9 Å². The van der Waals surface area contributed by atoms with E-state index in [1.165, 1.54) is 7.11 Å². The molecule has 3 amide bonds. The number of carbonyl (C=O) groups excluding carboxylic acids is 3. The Morgan fingerprint density at radius 2 is 1.31 bits per heavy atom. The number of imidazole rings is 2. The second-order valence-corrected chi connectivity index (χ2v) is 19.7. The summed E-state index contributed by atoms with van der Waals surface area (Å²) < 4.78 is 11.2. The number of hydrogen-bond donors (Lipinski definition) is 4. The van der Waals surface area contributed by atoms with Gasteiger partial charge >= 0.3 is 6.09 Å². The number of benzene rings is 2. The van der Waals surface area contributed by atoms with Gasteiger partial charge in [0.25, 0.3) is 0 Å². The quantitative estimate of drug-likeness (QED) is 0.0862. The van der Waals surface area contributed by atoms with Gasteiger partial charge in [0.15, 0.2) is 5.88 Å². The summed E-state index contributed by atoms with van der Waals surface area (Å²) in [7, 11) is 2.87. The molecule has 4 N–H and O–H groups in total. The Kier molecular flexibility index (Phi) is 10.7. The van der Waals surface area contributed by atoms with Crippen LogP contribution in [0.1, 0.15) is 82.9 Å². The molecule has 6 atom stereocenters. The molecule has 0 radical (unpaired) electrons. The Morgan fingerprint density at radius 1 is 0.774 bits per heavy atom. The summed E-state index contributed by atoms with van der Waals surface area (Å²) >= 11 is 1.66. The molecule has 0 spiro atoms. The van der Waals surface area contributed by atoms with Gasteiger partial charge in [-0.25, -0.2) is 19.7 Å². The molecule has 62 heavy (non-hydrogen) atoms. The lowest BCUT2D eigenvalue weighted by atomic mass is 9.93. The lowest BCUT2D eigenvalue weighted by Crippen LogP contribution is -2.56. The van der Waals surface area contributed by atoms with Gasteiger partial charge in [0.2, 0.25) is 11.8 Å². The second kappa shape index (κ2) is 15.9. The predicted molar refractivity (Wildman–Crippen MR) is 238 cm³/mol. The van der Waals surface area contributed by atoms with Crippen LogP contribution in [-0.2, 0) is 30.1 Å². The number of aromatic nitrogens is 5. The van der Waals surface area contributed by atoms with E-state index in [2.05, 4.69) is 63.6 Å². The number of likely N-dealkylation sites (tertiary alicyclic amines) is 2. The van der Waals surface area contributed by atoms with Crippen LogP contribution in [0.3, 0.4) is 0 Å². The molecule has 5 aromatic rings. The molecule has 2 saturated carbocycles. The third kappa shape index (κ3) is 6.92. The molecule has 2 aromatic carbocycles. The molecule has 4 bridgehead atoms. The molecule has 15 heteroatoms. The van der Waals surface area contributed by atoms with Crippen molar-refractivity contribution in [2.24, 2.45) is 23.7 Å². The summed E-state index contributed by atoms with van der Waals surface area (Å²) in [6.07, 6.45) is 8.67. The van der Waals surface area contributed by atoms with Gasteiger partial charge in [-0.2, -0.15) is 0 Å². The Balaban J connectivity index is 0.965. The third-order valence-corrected chi connectivity index (χ3v) is 15.0. The first-order chi connectivity index (χ1) is 29.7. The number of aromatic amines is 2. The Hall–Kier alpha value is -5.70. The van der Waals surface area contributed by atoms with E-state index < -0.39 is 29.3 Å². The number of ether oxygens (including phenoxy) is 2. The number of nitrogens with zero attached hydrogens (tertiary/aromatic N) is 5. The molecule has 4 aliphatic rings. The van der Waals surface area contributed by atoms with E-state index in [9.17, 15) is 14.4 Å². The molecule has 14 nitrogen and oxygen atoms in total. The highest BCUT2D eigenvalue weighted by Gasteiger charge is 2.58. The number of carbonyl (C=O) groups is 3. The van der Waals surface area contributed by atoms with Crippen molar-refractivity contribution in [1.29, 1.82) is 0 Å². The summed E-state index contributed by atoms with van der Waals surface area (Å²) in [5.74, 6) is 2.71. The highest BCUT2D eigenvalue weighted by molar-refractivity contribution is 7.19. The molecule has 0 unspecified atom stereocenters. The first-order valence-corrected chi connectivity index (χ1v) is 22.7. The van der Waals surface area contributed by atoms with Crippen molar-refractivity contribution in [2.45, 2.75) is 96.3 Å². The molecule has 2 aliphatic heterocycles. The number of methoxy groups -OCH3 is 2. The fourth-order valence-corrected chi connectivity index (χ4v) is 11.7. The molecule has 9 rings (SSSR count). The van der Waals surface area contributed by atoms with Gasteiger partial charge in [-0.1, -0.05) is 64.1 Å². The topological polar surface area (TPSA) is 170 Å². The van der Waals surface area contributed by atoms with Crippen LogP contribution in [0.15, 0.2) is 61.3 Å². The third-order valence-electron chi connectivity index (χ3n) is 14.0. The van der Waals surface area contributed by atoms with E-state index >= 15 is 0 Å². The summed E-state index contributed by atoms with van der Waals surface area (Å²) in [4.78, 5) is 66.7. The van der Waals surface area contributed by atoms with Crippen LogP contribution in [0, 0.1) is 30.6 Å². The molecule has 3 aromatic heterocycles. The fraction of sp³-hybridized carbons (Fsp3) is 0.489. The smallest absolute Gasteiger partial charge is 0.407 e. The van der Waals surface area contributed by atoms with Gasteiger partial charge in [-0.05, 0) is 86.8 Å². The average Bonchev–Trinajstić information content (AvgIpc) is 4.13. The molecule has 5 heterocycles. The van der Waals surface area contributed by atoms with E-state index in [0.29, 0.717) is 24.3 Å². The van der Waals surface area contributed by atoms with Crippen molar-refractivity contribution in [3.05, 3.63) is 77.9 Å². The van der Waals surface area contributed by atoms with E-state index in [1.807, 2.05) is 56.8 Å². The Bertz CT molecular complexity index is 2540. The van der Waals surface area contributed by atoms with Crippen LogP contribution in [0.2, 0.25) is 0 Å². The highest BCUT2D eigenvalue weighted by Crippen LogP contribution is 2.54. The minimum Gasteiger partial charge on any atom is -0.483 e. The Labute approximate surface area is 366 Å². The van der Waals surface area contributed by atoms with Crippen LogP contribution in [-0.4, -0.2) is 92.0 Å². The number of alkyl carbamates (subject to hydrolysis) is 1. The van der Waals surface area contributed by atoms with Crippen molar-refractivity contribution in [3.8, 4) is 33.6 Å². The molecule has 326 valence electrons. The fourth-order valence-electron chi connectivity index (χ4n) is 10.8. The minimum absolute atomic E-state index is 0.0458. The summed E-state index contributed by atoms with van der Waals surface area (Å²) in [6.45, 7) is 15.2. The highest BCUT2D eigenvalue weighted by atomic mass is 32.1. The minimum atomic E-state index is -0.699. The van der Waals surface area contributed by atoms with Crippen molar-refractivity contribution in [1.82, 2.24) is 45.4 Å². The zero-order chi connectivity index (χ0) is 43.7. The molecule has 4 fully saturated rings. The van der Waals surface area contributed by atoms with Crippen LogP contribution >= 0.6 is 11.3 Å². The zero-order valence-corrected chi connectivity index (χ0v) is 37.4. The average molecular weight is 860 g/mol. The van der Waals surface area contributed by atoms with Crippen LogP contribution in [0.4, 0.5) is 4.79 Å². The molecule has 2 saturated heterocycles. The van der Waals surface area contributed by atoms with Gasteiger partial charge in [-0.15, -0.1) is 11.3 Å². The summed E-state index contributed by atoms with van der Waals surface area (Å²) in [5.41, 5.74) is 5.78. The van der Waals surface area contributed by atoms with Crippen LogP contribution < -0.4 is 10.6 Å². The van der Waals surface area contributed by atoms with Crippen LogP contribution in [0.5, 0.6) is 0 Å². The number of amides is 3. The largest absolute Gasteiger partial charge is 0.483 e. The van der Waals surface area contributed by atoms with Crippen molar-refractivity contribution in [3.63, 3.8) is 0 Å². The number of hydrogen-bond acceptors (Lipinski definition) is 10. The van der Waals surface area contributed by atoms with Gasteiger partial charge in [-0.3, -0.25) is 9.59 Å². The molecular formula is C47H57N9O5S. The number of thiazole rings is 1. The second-order valence-electron chi connectivity index (χ2n) is 18.5. The number of piperidine rings is 2. The SMILES string of the molecule is C=C(N[C@H](C(=O)N1C[C@H]2CC[C@@]1(c1ncc(-c3ccc(-c4ccc(-c5cnc([C@@]67CC[C@H](CN6C(=O)[C@@H](NC(=O)OC)C(C)C)C7)[nH]5)c5sc(C)nc45)cc3)[nH]1)C2)C(C)C)OC. The lowest BCUT2D eigenvalue weighted by molar-refractivity contribution is -0.141. The summed E-state index contributed by atoms with van der Waals surface area (Å²) in [5, 5.41) is 6.94. The first-order valence-electron chi connectivity index (χ1n) is 21.8. The van der Waals surface area contributed by atoms with Gasteiger partial charge in [0.05, 0.1) is 53.2 Å². The zero-order valence-electron chi connectivity index (χ0n) is 36.6. The first kappa shape index (κ1) is 41.6. The van der Waals surface area contributed by atoms with Gasteiger partial charge in [0, 0.05) is 24.2 Å². The number of fused-ring (bicyclic) bond motifs is 5. The number of nitrogens with one attached hydrogen (secondary N) is 4. The van der Waals surface area contributed by atoms with E-state index in [-0.39, 0.29) is 23.7 Å².